The van der Waals surface area contributed by atoms with E-state index in [9.17, 15) is 70.3 Å². The summed E-state index contributed by atoms with van der Waals surface area (Å²) in [6.07, 6.45) is 5.20. The number of hydrogen-bond acceptors (Lipinski definition) is 16. The van der Waals surface area contributed by atoms with Gasteiger partial charge in [0.25, 0.3) is 5.91 Å². The maximum Gasteiger partial charge on any atom is 0.256 e. The van der Waals surface area contributed by atoms with Crippen LogP contribution in [0.4, 0.5) is 54.0 Å². The molecular formula is C99H74F7IN12O8. The number of benzene rings is 12. The molecule has 8 N–H and O–H groups in total. The van der Waals surface area contributed by atoms with Crippen LogP contribution in [-0.2, 0) is 60.1 Å². The minimum absolute atomic E-state index is 0.00718. The van der Waals surface area contributed by atoms with Crippen molar-refractivity contribution < 1.29 is 70.3 Å². The summed E-state index contributed by atoms with van der Waals surface area (Å²) in [6.45, 7) is -0.197. The van der Waals surface area contributed by atoms with Gasteiger partial charge in [-0.15, -0.1) is 0 Å². The van der Waals surface area contributed by atoms with Gasteiger partial charge in [0.1, 0.15) is 22.8 Å². The quantitative estimate of drug-likeness (QED) is 0.0128. The lowest BCUT2D eigenvalue weighted by Gasteiger charge is -2.13. The van der Waals surface area contributed by atoms with Gasteiger partial charge in [0.2, 0.25) is 23.5 Å². The molecule has 0 saturated carbocycles. The fraction of sp³-hybridized carbons (Fsp3) is 0.0707. The molecule has 0 radical (unpaired) electrons. The van der Waals surface area contributed by atoms with E-state index in [-0.39, 0.29) is 68.4 Å². The van der Waals surface area contributed by atoms with Crippen LogP contribution in [0.2, 0.25) is 0 Å². The van der Waals surface area contributed by atoms with Gasteiger partial charge in [0, 0.05) is 59.2 Å². The van der Waals surface area contributed by atoms with Crippen LogP contribution in [0.25, 0.3) is 90.1 Å². The maximum atomic E-state index is 14.0. The summed E-state index contributed by atoms with van der Waals surface area (Å²) in [5, 5.41) is 47.8. The highest BCUT2D eigenvalue weighted by atomic mass is 127. The average molecular weight is 1820 g/mol. The van der Waals surface area contributed by atoms with E-state index in [1.54, 1.807) is 97.5 Å². The molecule has 0 aliphatic carbocycles. The van der Waals surface area contributed by atoms with Crippen molar-refractivity contribution in [1.29, 1.82) is 0 Å². The van der Waals surface area contributed by atoms with E-state index in [0.29, 0.717) is 79.3 Å². The zero-order valence-electron chi connectivity index (χ0n) is 67.0. The maximum absolute atomic E-state index is 14.0. The fourth-order valence-electron chi connectivity index (χ4n) is 12.7. The number of hydrogen-bond donors (Lipinski definition) is 8. The number of halogens is 8. The highest BCUT2D eigenvalue weighted by Crippen LogP contribution is 2.35. The van der Waals surface area contributed by atoms with Crippen molar-refractivity contribution in [3.8, 4) is 90.1 Å². The largest absolute Gasteiger partial charge is 0.392 e. The van der Waals surface area contributed by atoms with Crippen LogP contribution < -0.4 is 21.3 Å². The third-order valence-electron chi connectivity index (χ3n) is 19.3. The lowest BCUT2D eigenvalue weighted by molar-refractivity contribution is -0.116. The molecule has 28 heteroatoms. The SMILES string of the molecule is O=C(Cc1c(F)c(F)c(F)c(F)c1F)Nc1ncc(-c2ccc(CO)cc2)nc1-c1ccccc1.O=C(Cc1ccc(F)c(F)c1)Nc1ncc(-c2ccc(CO)cc2)nc1-c1ccccc1.O=C(Cc1ccc(I)cc1)Nc1ncc(-c2ccc(CO)cc2)nc1-c1ccccc1.O=C(Nc1ncc(-c2ccc(CO)cc2)nc1-c1ccccc1)c1ccccc1. The van der Waals surface area contributed by atoms with Crippen molar-refractivity contribution in [2.45, 2.75) is 45.7 Å². The van der Waals surface area contributed by atoms with Gasteiger partial charge < -0.3 is 41.7 Å². The molecule has 16 rings (SSSR count). The van der Waals surface area contributed by atoms with E-state index >= 15 is 0 Å². The Balaban J connectivity index is 0.000000145. The van der Waals surface area contributed by atoms with Gasteiger partial charge in [-0.1, -0.05) is 255 Å². The van der Waals surface area contributed by atoms with Crippen molar-refractivity contribution in [2.24, 2.45) is 0 Å². The van der Waals surface area contributed by atoms with Gasteiger partial charge in [-0.25, -0.2) is 70.6 Å². The Hall–Kier alpha value is -15.1. The van der Waals surface area contributed by atoms with E-state index < -0.39 is 64.5 Å². The second kappa shape index (κ2) is 43.3. The minimum atomic E-state index is -2.30. The van der Waals surface area contributed by atoms with Crippen LogP contribution in [0, 0.1) is 44.3 Å². The Kier molecular flexibility index (Phi) is 30.6. The first-order valence-corrected chi connectivity index (χ1v) is 40.2. The molecular weight excluding hydrogens is 1750 g/mol. The summed E-state index contributed by atoms with van der Waals surface area (Å²) in [5.41, 5.74) is 14.3. The molecule has 20 nitrogen and oxygen atoms in total. The van der Waals surface area contributed by atoms with Gasteiger partial charge in [-0.3, -0.25) is 19.2 Å². The van der Waals surface area contributed by atoms with E-state index in [2.05, 4.69) is 68.8 Å². The minimum Gasteiger partial charge on any atom is -0.392 e. The van der Waals surface area contributed by atoms with Crippen LogP contribution in [0.5, 0.6) is 0 Å². The molecule has 634 valence electrons. The molecule has 0 atom stereocenters. The molecule has 0 aliphatic rings. The summed E-state index contributed by atoms with van der Waals surface area (Å²) >= 11 is 2.24. The zero-order chi connectivity index (χ0) is 89.3. The third kappa shape index (κ3) is 23.6. The van der Waals surface area contributed by atoms with Crippen molar-refractivity contribution in [2.75, 3.05) is 21.3 Å². The predicted octanol–water partition coefficient (Wildman–Crippen LogP) is 19.6. The summed E-state index contributed by atoms with van der Waals surface area (Å²) < 4.78 is 96.0. The molecule has 0 bridgehead atoms. The number of amides is 4. The Labute approximate surface area is 737 Å². The number of aliphatic hydroxyl groups is 4. The Morgan fingerprint density at radius 3 is 0.850 bits per heavy atom. The van der Waals surface area contributed by atoms with E-state index in [1.807, 2.05) is 194 Å². The van der Waals surface area contributed by atoms with E-state index in [0.717, 1.165) is 71.3 Å². The first-order chi connectivity index (χ1) is 61.7. The zero-order valence-corrected chi connectivity index (χ0v) is 69.2. The van der Waals surface area contributed by atoms with E-state index in [1.165, 1.54) is 12.3 Å². The fourth-order valence-corrected chi connectivity index (χ4v) is 13.0. The summed E-state index contributed by atoms with van der Waals surface area (Å²) in [4.78, 5) is 86.9. The van der Waals surface area contributed by atoms with Crippen LogP contribution in [0.15, 0.2) is 316 Å². The van der Waals surface area contributed by atoms with Crippen LogP contribution in [0.3, 0.4) is 0 Å². The number of nitrogens with zero attached hydrogens (tertiary/aromatic N) is 8. The molecule has 4 aromatic heterocycles. The number of nitrogens with one attached hydrogen (secondary N) is 4. The molecule has 16 aromatic rings. The molecule has 0 saturated heterocycles. The van der Waals surface area contributed by atoms with Gasteiger partial charge in [-0.05, 0) is 92.4 Å². The lowest BCUT2D eigenvalue weighted by atomic mass is 10.1. The number of aromatic nitrogens is 8. The van der Waals surface area contributed by atoms with E-state index in [4.69, 9.17) is 15.0 Å². The number of rotatable bonds is 23. The highest BCUT2D eigenvalue weighted by molar-refractivity contribution is 14.1. The molecule has 0 aliphatic heterocycles. The Morgan fingerprint density at radius 1 is 0.276 bits per heavy atom. The molecule has 4 heterocycles. The van der Waals surface area contributed by atoms with Crippen molar-refractivity contribution >= 4 is 69.5 Å². The lowest BCUT2D eigenvalue weighted by Crippen LogP contribution is -2.19. The second-order valence-corrected chi connectivity index (χ2v) is 29.4. The number of aliphatic hydroxyl groups excluding tert-OH is 4. The molecule has 4 amide bonds. The van der Waals surface area contributed by atoms with Crippen molar-refractivity contribution in [3.63, 3.8) is 0 Å². The van der Waals surface area contributed by atoms with Gasteiger partial charge in [0.15, 0.2) is 58.2 Å². The van der Waals surface area contributed by atoms with Crippen molar-refractivity contribution in [1.82, 2.24) is 39.9 Å². The smallest absolute Gasteiger partial charge is 0.256 e. The molecule has 0 spiro atoms. The first-order valence-electron chi connectivity index (χ1n) is 39.1. The molecule has 0 unspecified atom stereocenters. The monoisotopic (exact) mass is 1820 g/mol. The van der Waals surface area contributed by atoms with Crippen LogP contribution >= 0.6 is 22.6 Å². The van der Waals surface area contributed by atoms with Gasteiger partial charge >= 0.3 is 0 Å². The highest BCUT2D eigenvalue weighted by Gasteiger charge is 2.28. The molecule has 127 heavy (non-hydrogen) atoms. The standard InChI is InChI=1S/C25H16F5N3O2.C25H19F2N3O2.C25H20IN3O2.C24H19N3O2/c26-19-16(20(27)22(29)23(30)21(19)28)10-18(35)33-25-24(15-4-2-1-3-5-15)32-17(11-31-25)14-8-6-13(12-34)7-9-14;26-20-11-8-17(12-21(20)27)13-23(32)30-25-24(19-4-2-1-3-5-19)29-22(14-28-25)18-9-6-16(15-31)7-10-18;26-21-12-8-17(9-13-21)14-23(31)29-25-24(20-4-2-1-3-5-20)28-22(15-27-25)19-10-6-18(16-30)7-11-19;28-16-17-11-13-18(14-12-17)21-15-25-23(22(26-21)19-7-3-1-4-8-19)27-24(29)20-9-5-2-6-10-20/h1-9,11,34H,10,12H2,(H,31,33,35);1-12,14,31H,13,15H2,(H,28,30,32);1-13,15,30H,14,16H2,(H,27,29,31);1-15,28H,16H2,(H,25,27,29). The van der Waals surface area contributed by atoms with Crippen LogP contribution in [-0.4, -0.2) is 83.9 Å². The van der Waals surface area contributed by atoms with Crippen molar-refractivity contribution in [3.05, 3.63) is 405 Å². The normalized spacial score (nSPS) is 10.7. The topological polar surface area (TPSA) is 300 Å². The molecule has 0 fully saturated rings. The number of anilines is 4. The summed E-state index contributed by atoms with van der Waals surface area (Å²) in [5.74, 6) is -13.5. The van der Waals surface area contributed by atoms with Gasteiger partial charge in [-0.2, -0.15) is 0 Å². The molecule has 12 aromatic carbocycles. The second-order valence-electron chi connectivity index (χ2n) is 28.1. The Morgan fingerprint density at radius 2 is 0.543 bits per heavy atom. The summed E-state index contributed by atoms with van der Waals surface area (Å²) in [6, 6.07) is 86.6. The predicted molar refractivity (Wildman–Crippen MR) is 478 cm³/mol. The summed E-state index contributed by atoms with van der Waals surface area (Å²) in [7, 11) is 0. The third-order valence-corrected chi connectivity index (χ3v) is 20.0. The number of carbonyl (C=O) groups is 4. The first kappa shape index (κ1) is 89.7. The Bertz CT molecular complexity index is 6490. The number of carbonyl (C=O) groups excluding carboxylic acids is 4. The van der Waals surface area contributed by atoms with Crippen LogP contribution in [0.1, 0.15) is 49.3 Å². The van der Waals surface area contributed by atoms with Gasteiger partial charge in [0.05, 0.1) is 93.3 Å². The average Bonchev–Trinajstić information content (AvgIpc) is 0.769.